The van der Waals surface area contributed by atoms with E-state index in [1.54, 1.807) is 12.1 Å². The molecule has 0 heterocycles. The Morgan fingerprint density at radius 1 is 1.27 bits per heavy atom. The first kappa shape index (κ1) is 19.8. The summed E-state index contributed by atoms with van der Waals surface area (Å²) < 4.78 is 27.6. The number of anilines is 1. The predicted molar refractivity (Wildman–Crippen MR) is 98.8 cm³/mol. The molecule has 2 rings (SSSR count). The van der Waals surface area contributed by atoms with Crippen molar-refractivity contribution in [2.24, 2.45) is 5.84 Å². The van der Waals surface area contributed by atoms with Gasteiger partial charge in [-0.05, 0) is 42.8 Å². The SMILES string of the molecule is Cc1cc([N+](=O)[O-])ccc1N(CC(=O)NN)S(=O)(=O)c1ccc(Br)cc1. The summed E-state index contributed by atoms with van der Waals surface area (Å²) in [6.07, 6.45) is 0. The van der Waals surface area contributed by atoms with Crippen LogP contribution in [0.4, 0.5) is 11.4 Å². The summed E-state index contributed by atoms with van der Waals surface area (Å²) >= 11 is 3.23. The zero-order valence-electron chi connectivity index (χ0n) is 13.5. The average molecular weight is 443 g/mol. The highest BCUT2D eigenvalue weighted by Gasteiger charge is 2.28. The van der Waals surface area contributed by atoms with E-state index < -0.39 is 27.4 Å². The van der Waals surface area contributed by atoms with E-state index in [4.69, 9.17) is 5.84 Å². The Kier molecular flexibility index (Phi) is 5.95. The van der Waals surface area contributed by atoms with Gasteiger partial charge in [0.25, 0.3) is 21.6 Å². The summed E-state index contributed by atoms with van der Waals surface area (Å²) in [7, 11) is -4.11. The fraction of sp³-hybridized carbons (Fsp3) is 0.133. The van der Waals surface area contributed by atoms with E-state index in [2.05, 4.69) is 15.9 Å². The van der Waals surface area contributed by atoms with Gasteiger partial charge in [-0.2, -0.15) is 0 Å². The van der Waals surface area contributed by atoms with Crippen molar-refractivity contribution in [3.05, 3.63) is 62.6 Å². The maximum atomic E-state index is 13.0. The Balaban J connectivity index is 2.58. The van der Waals surface area contributed by atoms with E-state index in [1.807, 2.05) is 5.43 Å². The molecular formula is C15H15BrN4O5S. The van der Waals surface area contributed by atoms with Gasteiger partial charge >= 0.3 is 0 Å². The van der Waals surface area contributed by atoms with Crippen molar-refractivity contribution >= 4 is 43.2 Å². The molecule has 138 valence electrons. The highest BCUT2D eigenvalue weighted by atomic mass is 79.9. The van der Waals surface area contributed by atoms with Crippen molar-refractivity contribution in [1.82, 2.24) is 5.43 Å². The number of amides is 1. The number of nitrogens with two attached hydrogens (primary N) is 1. The Labute approximate surface area is 158 Å². The van der Waals surface area contributed by atoms with E-state index in [1.165, 1.54) is 37.3 Å². The normalized spacial score (nSPS) is 11.0. The number of benzene rings is 2. The lowest BCUT2D eigenvalue weighted by atomic mass is 10.2. The summed E-state index contributed by atoms with van der Waals surface area (Å²) in [5.41, 5.74) is 2.17. The van der Waals surface area contributed by atoms with Gasteiger partial charge in [-0.25, -0.2) is 14.3 Å². The average Bonchev–Trinajstić information content (AvgIpc) is 2.59. The van der Waals surface area contributed by atoms with E-state index in [0.717, 1.165) is 4.31 Å². The number of hydrogen-bond acceptors (Lipinski definition) is 6. The third-order valence-corrected chi connectivity index (χ3v) is 5.81. The first-order valence-corrected chi connectivity index (χ1v) is 9.43. The van der Waals surface area contributed by atoms with Crippen molar-refractivity contribution < 1.29 is 18.1 Å². The van der Waals surface area contributed by atoms with Crippen LogP contribution in [-0.2, 0) is 14.8 Å². The standard InChI is InChI=1S/C15H15BrN4O5S/c1-10-8-12(20(22)23)4-7-14(10)19(9-15(21)18-17)26(24,25)13-5-2-11(16)3-6-13/h2-8H,9,17H2,1H3,(H,18,21). The van der Waals surface area contributed by atoms with Crippen LogP contribution in [-0.4, -0.2) is 25.8 Å². The molecule has 0 unspecified atom stereocenters. The number of nitrogens with one attached hydrogen (secondary N) is 1. The van der Waals surface area contributed by atoms with Gasteiger partial charge in [0.05, 0.1) is 15.5 Å². The van der Waals surface area contributed by atoms with Crippen LogP contribution >= 0.6 is 15.9 Å². The molecule has 0 saturated heterocycles. The molecule has 11 heteroatoms. The molecule has 0 aliphatic heterocycles. The summed E-state index contributed by atoms with van der Waals surface area (Å²) in [4.78, 5) is 22.0. The first-order valence-electron chi connectivity index (χ1n) is 7.19. The van der Waals surface area contributed by atoms with Crippen LogP contribution in [0.3, 0.4) is 0 Å². The Bertz CT molecular complexity index is 947. The summed E-state index contributed by atoms with van der Waals surface area (Å²) in [5.74, 6) is 4.35. The molecular weight excluding hydrogens is 428 g/mol. The topological polar surface area (TPSA) is 136 Å². The van der Waals surface area contributed by atoms with Crippen molar-refractivity contribution in [2.45, 2.75) is 11.8 Å². The molecule has 0 aliphatic carbocycles. The van der Waals surface area contributed by atoms with Crippen molar-refractivity contribution in [3.8, 4) is 0 Å². The third-order valence-electron chi connectivity index (χ3n) is 3.51. The number of nitro benzene ring substituents is 1. The molecule has 0 atom stereocenters. The van der Waals surface area contributed by atoms with Gasteiger partial charge in [-0.3, -0.25) is 24.6 Å². The van der Waals surface area contributed by atoms with Crippen LogP contribution in [0.5, 0.6) is 0 Å². The van der Waals surface area contributed by atoms with Crippen LogP contribution in [0, 0.1) is 17.0 Å². The zero-order chi connectivity index (χ0) is 19.5. The largest absolute Gasteiger partial charge is 0.293 e. The third kappa shape index (κ3) is 4.18. The molecule has 0 bridgehead atoms. The summed E-state index contributed by atoms with van der Waals surface area (Å²) in [6.45, 7) is 0.945. The minimum Gasteiger partial charge on any atom is -0.293 e. The first-order chi connectivity index (χ1) is 12.2. The summed E-state index contributed by atoms with van der Waals surface area (Å²) in [6, 6.07) is 9.56. The van der Waals surface area contributed by atoms with Crippen LogP contribution in [0.25, 0.3) is 0 Å². The van der Waals surface area contributed by atoms with Gasteiger partial charge in [0.2, 0.25) is 0 Å². The summed E-state index contributed by atoms with van der Waals surface area (Å²) in [5, 5.41) is 10.9. The number of nitro groups is 1. The molecule has 2 aromatic carbocycles. The Hall–Kier alpha value is -2.50. The van der Waals surface area contributed by atoms with Crippen molar-refractivity contribution in [2.75, 3.05) is 10.8 Å². The van der Waals surface area contributed by atoms with Gasteiger partial charge in [0.1, 0.15) is 6.54 Å². The van der Waals surface area contributed by atoms with E-state index in [-0.39, 0.29) is 16.3 Å². The molecule has 1 amide bonds. The lowest BCUT2D eigenvalue weighted by molar-refractivity contribution is -0.384. The lowest BCUT2D eigenvalue weighted by Gasteiger charge is -2.25. The van der Waals surface area contributed by atoms with Gasteiger partial charge in [0.15, 0.2) is 0 Å². The fourth-order valence-corrected chi connectivity index (χ4v) is 3.99. The number of rotatable bonds is 6. The van der Waals surface area contributed by atoms with Gasteiger partial charge in [-0.1, -0.05) is 15.9 Å². The van der Waals surface area contributed by atoms with Crippen molar-refractivity contribution in [3.63, 3.8) is 0 Å². The molecule has 0 saturated carbocycles. The van der Waals surface area contributed by atoms with Crippen LogP contribution in [0.15, 0.2) is 51.8 Å². The molecule has 0 aromatic heterocycles. The molecule has 9 nitrogen and oxygen atoms in total. The number of sulfonamides is 1. The lowest BCUT2D eigenvalue weighted by Crippen LogP contribution is -2.43. The van der Waals surface area contributed by atoms with Crippen LogP contribution in [0.1, 0.15) is 5.56 Å². The van der Waals surface area contributed by atoms with Crippen LogP contribution in [0.2, 0.25) is 0 Å². The number of aryl methyl sites for hydroxylation is 1. The van der Waals surface area contributed by atoms with Gasteiger partial charge < -0.3 is 0 Å². The maximum absolute atomic E-state index is 13.0. The molecule has 0 radical (unpaired) electrons. The highest BCUT2D eigenvalue weighted by Crippen LogP contribution is 2.29. The van der Waals surface area contributed by atoms with Crippen LogP contribution < -0.4 is 15.6 Å². The van der Waals surface area contributed by atoms with E-state index in [9.17, 15) is 23.3 Å². The van der Waals surface area contributed by atoms with E-state index in [0.29, 0.717) is 10.0 Å². The Morgan fingerprint density at radius 3 is 2.38 bits per heavy atom. The quantitative estimate of drug-likeness (QED) is 0.303. The Morgan fingerprint density at radius 2 is 1.88 bits per heavy atom. The highest BCUT2D eigenvalue weighted by molar-refractivity contribution is 9.10. The minimum absolute atomic E-state index is 0.0386. The number of carbonyl (C=O) groups excluding carboxylic acids is 1. The zero-order valence-corrected chi connectivity index (χ0v) is 16.0. The van der Waals surface area contributed by atoms with Gasteiger partial charge in [-0.15, -0.1) is 0 Å². The van der Waals surface area contributed by atoms with Gasteiger partial charge in [0, 0.05) is 16.6 Å². The molecule has 0 spiro atoms. The van der Waals surface area contributed by atoms with E-state index >= 15 is 0 Å². The van der Waals surface area contributed by atoms with Crippen molar-refractivity contribution in [1.29, 1.82) is 0 Å². The number of carbonyl (C=O) groups is 1. The molecule has 0 aliphatic rings. The fourth-order valence-electron chi connectivity index (χ4n) is 2.24. The number of nitrogens with zero attached hydrogens (tertiary/aromatic N) is 2. The second-order valence-corrected chi connectivity index (χ2v) is 8.04. The molecule has 26 heavy (non-hydrogen) atoms. The number of non-ortho nitro benzene ring substituents is 1. The predicted octanol–water partition coefficient (Wildman–Crippen LogP) is 1.85. The minimum atomic E-state index is -4.11. The second kappa shape index (κ2) is 7.81. The number of halogens is 1. The molecule has 2 aromatic rings. The maximum Gasteiger partial charge on any atom is 0.269 e. The number of hydrogen-bond donors (Lipinski definition) is 2. The number of hydrazine groups is 1. The smallest absolute Gasteiger partial charge is 0.269 e. The second-order valence-electron chi connectivity index (χ2n) is 5.26. The molecule has 0 fully saturated rings. The monoisotopic (exact) mass is 442 g/mol. The molecule has 3 N–H and O–H groups in total.